The molecular weight excluding hydrogens is 238 g/mol. The number of likely N-dealkylation sites (tertiary alicyclic amines) is 1. The maximum absolute atomic E-state index is 10.8. The van der Waals surface area contributed by atoms with Crippen molar-refractivity contribution in [2.45, 2.75) is 49.8 Å². The summed E-state index contributed by atoms with van der Waals surface area (Å²) in [6.07, 6.45) is 8.43. The Morgan fingerprint density at radius 3 is 2.68 bits per heavy atom. The van der Waals surface area contributed by atoms with Gasteiger partial charge in [0.25, 0.3) is 0 Å². The van der Waals surface area contributed by atoms with Crippen molar-refractivity contribution >= 4 is 0 Å². The van der Waals surface area contributed by atoms with E-state index in [0.29, 0.717) is 12.1 Å². The van der Waals surface area contributed by atoms with Gasteiger partial charge < -0.3 is 10.8 Å². The van der Waals surface area contributed by atoms with Crippen LogP contribution in [0.2, 0.25) is 0 Å². The number of nitrogens with zero attached hydrogens (tertiary/aromatic N) is 2. The lowest BCUT2D eigenvalue weighted by Crippen LogP contribution is -2.42. The molecule has 1 saturated heterocycles. The van der Waals surface area contributed by atoms with Crippen molar-refractivity contribution in [2.75, 3.05) is 13.1 Å². The van der Waals surface area contributed by atoms with E-state index < -0.39 is 5.60 Å². The van der Waals surface area contributed by atoms with Gasteiger partial charge in [-0.15, -0.1) is 0 Å². The zero-order valence-corrected chi connectivity index (χ0v) is 11.3. The monoisotopic (exact) mass is 261 g/mol. The Kier molecular flexibility index (Phi) is 3.56. The Balaban J connectivity index is 1.63. The fourth-order valence-electron chi connectivity index (χ4n) is 3.52. The smallest absolute Gasteiger partial charge is 0.0912 e. The number of pyridine rings is 1. The normalized spacial score (nSPS) is 36.5. The third-order valence-electron chi connectivity index (χ3n) is 4.75. The lowest BCUT2D eigenvalue weighted by Gasteiger charge is -2.39. The molecule has 0 aromatic carbocycles. The first-order chi connectivity index (χ1) is 9.17. The van der Waals surface area contributed by atoms with E-state index in [1.807, 2.05) is 12.1 Å². The highest BCUT2D eigenvalue weighted by Gasteiger charge is 2.37. The third-order valence-corrected chi connectivity index (χ3v) is 4.75. The number of rotatable bonds is 2. The van der Waals surface area contributed by atoms with Crippen LogP contribution in [0.25, 0.3) is 0 Å². The van der Waals surface area contributed by atoms with Gasteiger partial charge in [-0.05, 0) is 38.2 Å². The maximum atomic E-state index is 10.8. The van der Waals surface area contributed by atoms with E-state index in [9.17, 15) is 5.11 Å². The molecule has 2 heterocycles. The average Bonchev–Trinajstić information content (AvgIpc) is 2.87. The van der Waals surface area contributed by atoms with Crippen molar-refractivity contribution in [3.8, 4) is 0 Å². The van der Waals surface area contributed by atoms with Gasteiger partial charge in [0.05, 0.1) is 5.60 Å². The minimum absolute atomic E-state index is 0.346. The van der Waals surface area contributed by atoms with Crippen LogP contribution in [0.15, 0.2) is 24.5 Å². The van der Waals surface area contributed by atoms with Gasteiger partial charge in [-0.1, -0.05) is 6.07 Å². The summed E-state index contributed by atoms with van der Waals surface area (Å²) in [4.78, 5) is 6.63. The summed E-state index contributed by atoms with van der Waals surface area (Å²) in [7, 11) is 0. The average molecular weight is 261 g/mol. The second kappa shape index (κ2) is 5.19. The summed E-state index contributed by atoms with van der Waals surface area (Å²) in [6, 6.07) is 4.84. The first kappa shape index (κ1) is 13.0. The molecule has 0 unspecified atom stereocenters. The number of hydrogen-bond donors (Lipinski definition) is 2. The molecule has 2 aliphatic rings. The quantitative estimate of drug-likeness (QED) is 0.841. The molecule has 2 fully saturated rings. The van der Waals surface area contributed by atoms with Gasteiger partial charge >= 0.3 is 0 Å². The molecule has 1 aliphatic carbocycles. The third kappa shape index (κ3) is 2.66. The molecule has 4 heteroatoms. The zero-order valence-electron chi connectivity index (χ0n) is 11.3. The Morgan fingerprint density at radius 2 is 2.11 bits per heavy atom. The van der Waals surface area contributed by atoms with Crippen LogP contribution in [0.5, 0.6) is 0 Å². The van der Waals surface area contributed by atoms with Crippen molar-refractivity contribution in [3.63, 3.8) is 0 Å². The predicted octanol–water partition coefficient (Wildman–Crippen LogP) is 1.24. The number of aliphatic hydroxyl groups is 1. The molecule has 0 amide bonds. The van der Waals surface area contributed by atoms with E-state index in [1.54, 1.807) is 12.4 Å². The molecule has 3 N–H and O–H groups in total. The van der Waals surface area contributed by atoms with Gasteiger partial charge in [0.2, 0.25) is 0 Å². The molecule has 1 aromatic rings. The standard InChI is InChI=1S/C15H23N3O/c16-13-5-9-18(11-13)14-3-6-15(19,7-4-14)12-2-1-8-17-10-12/h1-2,8,10,13-14,19H,3-7,9,11,16H2/t13-,14?,15?/m1/s1. The summed E-state index contributed by atoms with van der Waals surface area (Å²) in [5.74, 6) is 0. The highest BCUT2D eigenvalue weighted by molar-refractivity contribution is 5.19. The van der Waals surface area contributed by atoms with Gasteiger partial charge in [0, 0.05) is 43.1 Å². The van der Waals surface area contributed by atoms with E-state index >= 15 is 0 Å². The highest BCUT2D eigenvalue weighted by atomic mass is 16.3. The van der Waals surface area contributed by atoms with Crippen LogP contribution in [0.4, 0.5) is 0 Å². The van der Waals surface area contributed by atoms with Crippen LogP contribution < -0.4 is 5.73 Å². The highest BCUT2D eigenvalue weighted by Crippen LogP contribution is 2.38. The van der Waals surface area contributed by atoms with E-state index in [0.717, 1.165) is 50.8 Å². The Bertz CT molecular complexity index is 415. The number of aromatic nitrogens is 1. The molecule has 1 aromatic heterocycles. The van der Waals surface area contributed by atoms with Gasteiger partial charge in [-0.25, -0.2) is 0 Å². The topological polar surface area (TPSA) is 62.4 Å². The van der Waals surface area contributed by atoms with Crippen LogP contribution in [-0.4, -0.2) is 40.2 Å². The molecule has 3 rings (SSSR count). The van der Waals surface area contributed by atoms with E-state index in [4.69, 9.17) is 5.73 Å². The number of nitrogens with two attached hydrogens (primary N) is 1. The van der Waals surface area contributed by atoms with Crippen LogP contribution in [0, 0.1) is 0 Å². The largest absolute Gasteiger partial charge is 0.385 e. The predicted molar refractivity (Wildman–Crippen MR) is 74.6 cm³/mol. The van der Waals surface area contributed by atoms with Crippen LogP contribution in [0.1, 0.15) is 37.7 Å². The summed E-state index contributed by atoms with van der Waals surface area (Å²) >= 11 is 0. The summed E-state index contributed by atoms with van der Waals surface area (Å²) < 4.78 is 0. The lowest BCUT2D eigenvalue weighted by atomic mass is 9.78. The molecule has 4 nitrogen and oxygen atoms in total. The van der Waals surface area contributed by atoms with Crippen LogP contribution >= 0.6 is 0 Å². The van der Waals surface area contributed by atoms with Crippen LogP contribution in [0.3, 0.4) is 0 Å². The second-order valence-electron chi connectivity index (χ2n) is 6.05. The second-order valence-corrected chi connectivity index (χ2v) is 6.05. The van der Waals surface area contributed by atoms with E-state index in [1.165, 1.54) is 0 Å². The van der Waals surface area contributed by atoms with Gasteiger partial charge in [0.15, 0.2) is 0 Å². The van der Waals surface area contributed by atoms with Gasteiger partial charge in [-0.2, -0.15) is 0 Å². The number of hydrogen-bond acceptors (Lipinski definition) is 4. The van der Waals surface area contributed by atoms with Gasteiger partial charge in [0.1, 0.15) is 0 Å². The van der Waals surface area contributed by atoms with E-state index in [-0.39, 0.29) is 0 Å². The molecule has 19 heavy (non-hydrogen) atoms. The van der Waals surface area contributed by atoms with Crippen molar-refractivity contribution in [2.24, 2.45) is 5.73 Å². The molecule has 1 aliphatic heterocycles. The lowest BCUT2D eigenvalue weighted by molar-refractivity contribution is -0.0225. The Morgan fingerprint density at radius 1 is 1.32 bits per heavy atom. The fraction of sp³-hybridized carbons (Fsp3) is 0.667. The summed E-state index contributed by atoms with van der Waals surface area (Å²) in [5, 5.41) is 10.8. The van der Waals surface area contributed by atoms with E-state index in [2.05, 4.69) is 9.88 Å². The molecule has 0 spiro atoms. The summed E-state index contributed by atoms with van der Waals surface area (Å²) in [5.41, 5.74) is 6.27. The minimum Gasteiger partial charge on any atom is -0.385 e. The zero-order chi connectivity index (χ0) is 13.3. The molecule has 1 saturated carbocycles. The van der Waals surface area contributed by atoms with Crippen molar-refractivity contribution < 1.29 is 5.11 Å². The maximum Gasteiger partial charge on any atom is 0.0912 e. The van der Waals surface area contributed by atoms with Crippen molar-refractivity contribution in [1.82, 2.24) is 9.88 Å². The first-order valence-corrected chi connectivity index (χ1v) is 7.30. The van der Waals surface area contributed by atoms with Crippen molar-refractivity contribution in [1.29, 1.82) is 0 Å². The molecule has 104 valence electrons. The fourth-order valence-corrected chi connectivity index (χ4v) is 3.52. The van der Waals surface area contributed by atoms with Gasteiger partial charge in [-0.3, -0.25) is 9.88 Å². The molecule has 1 atom stereocenters. The summed E-state index contributed by atoms with van der Waals surface area (Å²) in [6.45, 7) is 2.15. The SMILES string of the molecule is N[C@@H]1CCN(C2CCC(O)(c3cccnc3)CC2)C1. The van der Waals surface area contributed by atoms with Crippen LogP contribution in [-0.2, 0) is 5.60 Å². The minimum atomic E-state index is -0.674. The Labute approximate surface area is 114 Å². The Hall–Kier alpha value is -0.970. The molecule has 0 bridgehead atoms. The molecular formula is C15H23N3O. The molecule has 0 radical (unpaired) electrons. The van der Waals surface area contributed by atoms with Crippen molar-refractivity contribution in [3.05, 3.63) is 30.1 Å². The first-order valence-electron chi connectivity index (χ1n) is 7.30.